The van der Waals surface area contributed by atoms with Crippen molar-refractivity contribution in [3.8, 4) is 5.75 Å². The van der Waals surface area contributed by atoms with Crippen molar-refractivity contribution < 1.29 is 14.3 Å². The van der Waals surface area contributed by atoms with Crippen LogP contribution in [0.25, 0.3) is 10.2 Å². The van der Waals surface area contributed by atoms with E-state index in [0.29, 0.717) is 27.2 Å². The number of anilines is 1. The first kappa shape index (κ1) is 21.4. The van der Waals surface area contributed by atoms with Crippen molar-refractivity contribution in [2.45, 2.75) is 19.3 Å². The van der Waals surface area contributed by atoms with Crippen molar-refractivity contribution in [1.29, 1.82) is 0 Å². The third-order valence-electron chi connectivity index (χ3n) is 4.82. The van der Waals surface area contributed by atoms with Gasteiger partial charge >= 0.3 is 0 Å². The quantitative estimate of drug-likeness (QED) is 0.356. The summed E-state index contributed by atoms with van der Waals surface area (Å²) >= 11 is 8.86. The lowest BCUT2D eigenvalue weighted by Crippen LogP contribution is -2.19. The summed E-state index contributed by atoms with van der Waals surface area (Å²) in [7, 11) is 1.56. The number of amides is 1. The number of fused-ring (bicyclic) bond motifs is 1. The summed E-state index contributed by atoms with van der Waals surface area (Å²) in [6.45, 7) is 1.79. The molecule has 0 fully saturated rings. The molecule has 1 atom stereocenters. The summed E-state index contributed by atoms with van der Waals surface area (Å²) in [5.74, 6) is -0.112. The first-order valence-electron chi connectivity index (χ1n) is 9.39. The van der Waals surface area contributed by atoms with Gasteiger partial charge in [0.15, 0.2) is 10.9 Å². The van der Waals surface area contributed by atoms with Gasteiger partial charge in [-0.25, -0.2) is 9.97 Å². The fourth-order valence-corrected chi connectivity index (χ4v) is 4.83. The fourth-order valence-electron chi connectivity index (χ4n) is 3.16. The molecule has 0 saturated heterocycles. The van der Waals surface area contributed by atoms with E-state index >= 15 is 0 Å². The number of methoxy groups -OCH3 is 1. The van der Waals surface area contributed by atoms with Crippen LogP contribution in [-0.4, -0.2) is 28.8 Å². The van der Waals surface area contributed by atoms with Crippen LogP contribution in [0.3, 0.4) is 0 Å². The molecule has 1 unspecified atom stereocenters. The summed E-state index contributed by atoms with van der Waals surface area (Å²) < 4.78 is 6.25. The standard InChI is InChI=1S/C22H18ClN3O3S2/c1-12(15-9-14(23)4-6-19(15)29-2)21(28)26-22-25-16-5-3-13(8-20(16)31-22)7-18(27)17-10-30-11-24-17/h3-6,8-12H,7H2,1-2H3,(H,25,26,28). The maximum atomic E-state index is 12.8. The Morgan fingerprint density at radius 3 is 2.81 bits per heavy atom. The number of hydrogen-bond acceptors (Lipinski definition) is 7. The van der Waals surface area contributed by atoms with Crippen LogP contribution < -0.4 is 10.1 Å². The predicted octanol–water partition coefficient (Wildman–Crippen LogP) is 5.58. The van der Waals surface area contributed by atoms with Crippen LogP contribution in [0.2, 0.25) is 5.02 Å². The average Bonchev–Trinajstić information content (AvgIpc) is 3.42. The Morgan fingerprint density at radius 1 is 1.23 bits per heavy atom. The summed E-state index contributed by atoms with van der Waals surface area (Å²) in [6, 6.07) is 10.9. The zero-order valence-corrected chi connectivity index (χ0v) is 19.1. The van der Waals surface area contributed by atoms with E-state index in [1.807, 2.05) is 18.2 Å². The summed E-state index contributed by atoms with van der Waals surface area (Å²) in [5, 5.41) is 5.66. The second-order valence-corrected chi connectivity index (χ2v) is 9.08. The number of carbonyl (C=O) groups excluding carboxylic acids is 2. The van der Waals surface area contributed by atoms with Gasteiger partial charge in [-0.3, -0.25) is 9.59 Å². The van der Waals surface area contributed by atoms with Crippen LogP contribution in [0.4, 0.5) is 5.13 Å². The Labute approximate surface area is 191 Å². The summed E-state index contributed by atoms with van der Waals surface area (Å²) in [4.78, 5) is 33.7. The molecular weight excluding hydrogens is 454 g/mol. The molecule has 0 aliphatic carbocycles. The minimum Gasteiger partial charge on any atom is -0.496 e. The molecule has 2 heterocycles. The Bertz CT molecular complexity index is 1250. The Morgan fingerprint density at radius 2 is 2.06 bits per heavy atom. The normalized spacial score (nSPS) is 12.0. The van der Waals surface area contributed by atoms with Gasteiger partial charge in [-0.15, -0.1) is 11.3 Å². The minimum atomic E-state index is -0.480. The van der Waals surface area contributed by atoms with E-state index in [1.54, 1.807) is 43.1 Å². The van der Waals surface area contributed by atoms with Crippen molar-refractivity contribution in [1.82, 2.24) is 9.97 Å². The van der Waals surface area contributed by atoms with Crippen LogP contribution >= 0.6 is 34.3 Å². The highest BCUT2D eigenvalue weighted by atomic mass is 35.5. The van der Waals surface area contributed by atoms with Gasteiger partial charge in [0, 0.05) is 22.4 Å². The van der Waals surface area contributed by atoms with Crippen LogP contribution in [-0.2, 0) is 11.2 Å². The van der Waals surface area contributed by atoms with Crippen LogP contribution in [0.1, 0.15) is 34.5 Å². The number of nitrogens with zero attached hydrogens (tertiary/aromatic N) is 2. The number of halogens is 1. The van der Waals surface area contributed by atoms with Crippen LogP contribution in [0.15, 0.2) is 47.3 Å². The van der Waals surface area contributed by atoms with Crippen LogP contribution in [0, 0.1) is 0 Å². The third kappa shape index (κ3) is 4.76. The lowest BCUT2D eigenvalue weighted by Gasteiger charge is -2.15. The molecule has 4 rings (SSSR count). The number of nitrogens with one attached hydrogen (secondary N) is 1. The van der Waals surface area contributed by atoms with Crippen molar-refractivity contribution in [2.24, 2.45) is 0 Å². The van der Waals surface area contributed by atoms with Crippen molar-refractivity contribution in [3.63, 3.8) is 0 Å². The number of rotatable bonds is 7. The number of benzene rings is 2. The maximum absolute atomic E-state index is 12.8. The molecule has 6 nitrogen and oxygen atoms in total. The molecule has 4 aromatic rings. The molecule has 9 heteroatoms. The van der Waals surface area contributed by atoms with Gasteiger partial charge in [0.1, 0.15) is 11.4 Å². The summed E-state index contributed by atoms with van der Waals surface area (Å²) in [6.07, 6.45) is 0.269. The number of ether oxygens (including phenoxy) is 1. The number of Topliss-reactive ketones (excluding diaryl/α,β-unsaturated/α-hetero) is 1. The predicted molar refractivity (Wildman–Crippen MR) is 125 cm³/mol. The topological polar surface area (TPSA) is 81.2 Å². The Balaban J connectivity index is 1.50. The second-order valence-electron chi connectivity index (χ2n) is 6.89. The fraction of sp³-hybridized carbons (Fsp3) is 0.182. The molecule has 0 saturated carbocycles. The van der Waals surface area contributed by atoms with E-state index in [2.05, 4.69) is 15.3 Å². The van der Waals surface area contributed by atoms with Gasteiger partial charge < -0.3 is 10.1 Å². The molecule has 158 valence electrons. The van der Waals surface area contributed by atoms with Crippen molar-refractivity contribution in [2.75, 3.05) is 12.4 Å². The SMILES string of the molecule is COc1ccc(Cl)cc1C(C)C(=O)Nc1nc2ccc(CC(=O)c3cscn3)cc2s1. The molecular formula is C22H18ClN3O3S2. The molecule has 2 aromatic carbocycles. The number of carbonyl (C=O) groups is 2. The Hall–Kier alpha value is -2.81. The molecule has 0 bridgehead atoms. The van der Waals surface area contributed by atoms with Gasteiger partial charge in [0.2, 0.25) is 5.91 Å². The van der Waals surface area contributed by atoms with Crippen LogP contribution in [0.5, 0.6) is 5.75 Å². The Kier molecular flexibility index (Phi) is 6.31. The first-order valence-corrected chi connectivity index (χ1v) is 11.5. The lowest BCUT2D eigenvalue weighted by molar-refractivity contribution is -0.117. The molecule has 1 amide bonds. The van der Waals surface area contributed by atoms with Crippen molar-refractivity contribution >= 4 is 61.3 Å². The molecule has 2 aromatic heterocycles. The highest BCUT2D eigenvalue weighted by Crippen LogP contribution is 2.32. The molecule has 0 aliphatic rings. The van der Waals surface area contributed by atoms with Gasteiger partial charge in [-0.05, 0) is 42.8 Å². The van der Waals surface area contributed by atoms with E-state index in [4.69, 9.17) is 16.3 Å². The van der Waals surface area contributed by atoms with Gasteiger partial charge in [-0.1, -0.05) is 29.0 Å². The summed E-state index contributed by atoms with van der Waals surface area (Å²) in [5.41, 5.74) is 4.47. The molecule has 31 heavy (non-hydrogen) atoms. The monoisotopic (exact) mass is 471 g/mol. The molecule has 0 spiro atoms. The largest absolute Gasteiger partial charge is 0.496 e. The van der Waals surface area contributed by atoms with Gasteiger partial charge in [0.05, 0.1) is 28.8 Å². The number of ketones is 1. The first-order chi connectivity index (χ1) is 14.9. The van der Waals surface area contributed by atoms with E-state index < -0.39 is 5.92 Å². The van der Waals surface area contributed by atoms with E-state index in [-0.39, 0.29) is 18.1 Å². The smallest absolute Gasteiger partial charge is 0.233 e. The van der Waals surface area contributed by atoms with Gasteiger partial charge in [-0.2, -0.15) is 0 Å². The average molecular weight is 472 g/mol. The zero-order valence-electron chi connectivity index (χ0n) is 16.7. The minimum absolute atomic E-state index is 0.0251. The van der Waals surface area contributed by atoms with E-state index in [1.165, 1.54) is 22.7 Å². The highest BCUT2D eigenvalue weighted by molar-refractivity contribution is 7.22. The zero-order chi connectivity index (χ0) is 22.0. The number of aromatic nitrogens is 2. The molecule has 0 aliphatic heterocycles. The maximum Gasteiger partial charge on any atom is 0.233 e. The van der Waals surface area contributed by atoms with Crippen molar-refractivity contribution in [3.05, 3.63) is 69.1 Å². The van der Waals surface area contributed by atoms with E-state index in [0.717, 1.165) is 15.8 Å². The second kappa shape index (κ2) is 9.13. The third-order valence-corrected chi connectivity index (χ3v) is 6.57. The number of thiazole rings is 2. The van der Waals surface area contributed by atoms with Gasteiger partial charge in [0.25, 0.3) is 0 Å². The van der Waals surface area contributed by atoms with E-state index in [9.17, 15) is 9.59 Å². The highest BCUT2D eigenvalue weighted by Gasteiger charge is 2.21. The lowest BCUT2D eigenvalue weighted by atomic mass is 9.99. The molecule has 0 radical (unpaired) electrons. The number of hydrogen-bond donors (Lipinski definition) is 1. The molecule has 1 N–H and O–H groups in total.